The summed E-state index contributed by atoms with van der Waals surface area (Å²) in [6.45, 7) is 8.78. The number of amides is 1. The predicted octanol–water partition coefficient (Wildman–Crippen LogP) is 1.29. The fourth-order valence-corrected chi connectivity index (χ4v) is 2.77. The van der Waals surface area contributed by atoms with Crippen LogP contribution >= 0.6 is 0 Å². The van der Waals surface area contributed by atoms with E-state index >= 15 is 0 Å². The van der Waals surface area contributed by atoms with E-state index in [1.165, 1.54) is 0 Å². The molecule has 1 aliphatic heterocycles. The highest BCUT2D eigenvalue weighted by atomic mass is 16.5. The molecule has 2 rings (SSSR count). The molecule has 23 heavy (non-hydrogen) atoms. The lowest BCUT2D eigenvalue weighted by atomic mass is 10.1. The Hall–Kier alpha value is -1.66. The van der Waals surface area contributed by atoms with Crippen molar-refractivity contribution < 1.29 is 9.53 Å². The zero-order valence-electron chi connectivity index (χ0n) is 14.3. The molecule has 1 amide bonds. The molecule has 0 unspecified atom stereocenters. The van der Waals surface area contributed by atoms with Crippen molar-refractivity contribution in [1.29, 1.82) is 0 Å². The van der Waals surface area contributed by atoms with E-state index in [9.17, 15) is 9.59 Å². The van der Waals surface area contributed by atoms with E-state index in [-0.39, 0.29) is 22.9 Å². The van der Waals surface area contributed by atoms with Crippen LogP contribution in [0.2, 0.25) is 0 Å². The molecule has 1 aromatic rings. The molecular formula is C17H27N3O3. The van der Waals surface area contributed by atoms with Crippen LogP contribution in [0.25, 0.3) is 0 Å². The van der Waals surface area contributed by atoms with Crippen molar-refractivity contribution in [3.63, 3.8) is 0 Å². The lowest BCUT2D eigenvalue weighted by Crippen LogP contribution is -2.49. The summed E-state index contributed by atoms with van der Waals surface area (Å²) in [5.41, 5.74) is 0.806. The van der Waals surface area contributed by atoms with Gasteiger partial charge >= 0.3 is 0 Å². The summed E-state index contributed by atoms with van der Waals surface area (Å²) in [5, 5.41) is 0. The number of nitrogens with zero attached hydrogens (tertiary/aromatic N) is 2. The van der Waals surface area contributed by atoms with Gasteiger partial charge in [0.1, 0.15) is 5.56 Å². The lowest BCUT2D eigenvalue weighted by molar-refractivity contribution is 0.0622. The second-order valence-electron chi connectivity index (χ2n) is 6.29. The number of hydrogen-bond acceptors (Lipinski definition) is 4. The molecule has 128 valence electrons. The molecule has 0 radical (unpaired) electrons. The third kappa shape index (κ3) is 4.65. The Bertz CT molecular complexity index is 575. The quantitative estimate of drug-likeness (QED) is 0.802. The fraction of sp³-hybridized carbons (Fsp3) is 0.647. The minimum Gasteiger partial charge on any atom is -0.385 e. The van der Waals surface area contributed by atoms with Gasteiger partial charge in [0.2, 0.25) is 0 Å². The van der Waals surface area contributed by atoms with Gasteiger partial charge in [-0.15, -0.1) is 0 Å². The number of nitrogens with one attached hydrogen (secondary N) is 1. The van der Waals surface area contributed by atoms with Crippen molar-refractivity contribution in [1.82, 2.24) is 14.8 Å². The summed E-state index contributed by atoms with van der Waals surface area (Å²) in [6, 6.07) is 3.49. The minimum atomic E-state index is -0.288. The van der Waals surface area contributed by atoms with Crippen LogP contribution in [0.1, 0.15) is 42.2 Å². The molecule has 0 aliphatic carbocycles. The highest BCUT2D eigenvalue weighted by molar-refractivity contribution is 5.93. The molecule has 0 spiro atoms. The first kappa shape index (κ1) is 17.7. The summed E-state index contributed by atoms with van der Waals surface area (Å²) in [6.07, 6.45) is 1.00. The standard InChI is InChI=1S/C17H27N3O3/c1-13(2)15-6-5-14(16(21)18-15)17(22)20-10-8-19(9-11-20)7-4-12-23-3/h5-6,13H,4,7-12H2,1-3H3,(H,18,21). The summed E-state index contributed by atoms with van der Waals surface area (Å²) >= 11 is 0. The average molecular weight is 321 g/mol. The van der Waals surface area contributed by atoms with Gasteiger partial charge < -0.3 is 14.6 Å². The second-order valence-corrected chi connectivity index (χ2v) is 6.29. The molecule has 0 bridgehead atoms. The smallest absolute Gasteiger partial charge is 0.261 e. The number of piperazine rings is 1. The van der Waals surface area contributed by atoms with E-state index in [1.54, 1.807) is 18.1 Å². The third-order valence-corrected chi connectivity index (χ3v) is 4.27. The van der Waals surface area contributed by atoms with Gasteiger partial charge in [0.15, 0.2) is 0 Å². The van der Waals surface area contributed by atoms with E-state index in [4.69, 9.17) is 4.74 Å². The van der Waals surface area contributed by atoms with Gasteiger partial charge in [-0.2, -0.15) is 0 Å². The number of aromatic nitrogens is 1. The summed E-state index contributed by atoms with van der Waals surface area (Å²) in [5.74, 6) is 0.0700. The van der Waals surface area contributed by atoms with Crippen LogP contribution in [0, 0.1) is 0 Å². The number of carbonyl (C=O) groups is 1. The van der Waals surface area contributed by atoms with Crippen LogP contribution < -0.4 is 5.56 Å². The highest BCUT2D eigenvalue weighted by Crippen LogP contribution is 2.11. The van der Waals surface area contributed by atoms with E-state index in [1.807, 2.05) is 19.9 Å². The SMILES string of the molecule is COCCCN1CCN(C(=O)c2ccc(C(C)C)[nH]c2=O)CC1. The first-order valence-electron chi connectivity index (χ1n) is 8.26. The van der Waals surface area contributed by atoms with Crippen molar-refractivity contribution in [3.8, 4) is 0 Å². The Morgan fingerprint density at radius 3 is 2.52 bits per heavy atom. The summed E-state index contributed by atoms with van der Waals surface area (Å²) in [7, 11) is 1.71. The highest BCUT2D eigenvalue weighted by Gasteiger charge is 2.23. The number of aromatic amines is 1. The normalized spacial score (nSPS) is 16.1. The number of carbonyl (C=O) groups excluding carboxylic acids is 1. The van der Waals surface area contributed by atoms with Crippen molar-refractivity contribution in [2.45, 2.75) is 26.2 Å². The Labute approximate surface area is 137 Å². The Morgan fingerprint density at radius 1 is 1.26 bits per heavy atom. The average Bonchev–Trinajstić information content (AvgIpc) is 2.55. The molecular weight excluding hydrogens is 294 g/mol. The summed E-state index contributed by atoms with van der Waals surface area (Å²) in [4.78, 5) is 31.6. The maximum absolute atomic E-state index is 12.5. The molecule has 0 saturated carbocycles. The van der Waals surface area contributed by atoms with Crippen LogP contribution in [0.15, 0.2) is 16.9 Å². The van der Waals surface area contributed by atoms with Gasteiger partial charge in [-0.1, -0.05) is 13.8 Å². The van der Waals surface area contributed by atoms with E-state index in [0.717, 1.165) is 38.4 Å². The van der Waals surface area contributed by atoms with Crippen molar-refractivity contribution >= 4 is 5.91 Å². The molecule has 6 heteroatoms. The van der Waals surface area contributed by atoms with Gasteiger partial charge in [0.05, 0.1) is 0 Å². The first-order valence-corrected chi connectivity index (χ1v) is 8.26. The number of hydrogen-bond donors (Lipinski definition) is 1. The predicted molar refractivity (Wildman–Crippen MR) is 90.0 cm³/mol. The third-order valence-electron chi connectivity index (χ3n) is 4.27. The summed E-state index contributed by atoms with van der Waals surface area (Å²) < 4.78 is 5.06. The maximum atomic E-state index is 12.5. The number of ether oxygens (including phenoxy) is 1. The largest absolute Gasteiger partial charge is 0.385 e. The molecule has 1 aliphatic rings. The Kier molecular flexibility index (Phi) is 6.36. The van der Waals surface area contributed by atoms with Gasteiger partial charge in [-0.3, -0.25) is 14.5 Å². The van der Waals surface area contributed by atoms with Crippen molar-refractivity contribution in [2.24, 2.45) is 0 Å². The fourth-order valence-electron chi connectivity index (χ4n) is 2.77. The number of rotatable bonds is 6. The molecule has 2 heterocycles. The molecule has 1 fully saturated rings. The molecule has 0 atom stereocenters. The zero-order valence-corrected chi connectivity index (χ0v) is 14.3. The van der Waals surface area contributed by atoms with Crippen LogP contribution in [0.4, 0.5) is 0 Å². The number of pyridine rings is 1. The Balaban J connectivity index is 1.93. The molecule has 1 N–H and O–H groups in total. The van der Waals surface area contributed by atoms with Crippen LogP contribution in [0.5, 0.6) is 0 Å². The van der Waals surface area contributed by atoms with Crippen molar-refractivity contribution in [2.75, 3.05) is 46.4 Å². The second kappa shape index (κ2) is 8.26. The zero-order chi connectivity index (χ0) is 16.8. The lowest BCUT2D eigenvalue weighted by Gasteiger charge is -2.34. The van der Waals surface area contributed by atoms with Gasteiger partial charge in [0.25, 0.3) is 11.5 Å². The van der Waals surface area contributed by atoms with Gasteiger partial charge in [-0.05, 0) is 24.5 Å². The van der Waals surface area contributed by atoms with Crippen molar-refractivity contribution in [3.05, 3.63) is 33.7 Å². The first-order chi connectivity index (χ1) is 11.0. The van der Waals surface area contributed by atoms with E-state index in [0.29, 0.717) is 13.1 Å². The molecule has 1 saturated heterocycles. The molecule has 6 nitrogen and oxygen atoms in total. The maximum Gasteiger partial charge on any atom is 0.261 e. The van der Waals surface area contributed by atoms with E-state index in [2.05, 4.69) is 9.88 Å². The number of H-pyrrole nitrogens is 1. The monoisotopic (exact) mass is 321 g/mol. The van der Waals surface area contributed by atoms with Crippen LogP contribution in [-0.4, -0.2) is 67.1 Å². The topological polar surface area (TPSA) is 65.6 Å². The molecule has 0 aromatic carbocycles. The minimum absolute atomic E-state index is 0.168. The van der Waals surface area contributed by atoms with Gasteiger partial charge in [0, 0.05) is 52.1 Å². The Morgan fingerprint density at radius 2 is 1.96 bits per heavy atom. The van der Waals surface area contributed by atoms with Crippen LogP contribution in [-0.2, 0) is 4.74 Å². The van der Waals surface area contributed by atoms with E-state index < -0.39 is 0 Å². The number of methoxy groups -OCH3 is 1. The molecule has 1 aromatic heterocycles. The van der Waals surface area contributed by atoms with Gasteiger partial charge in [-0.25, -0.2) is 0 Å². The van der Waals surface area contributed by atoms with Crippen LogP contribution in [0.3, 0.4) is 0 Å².